The maximum atomic E-state index is 11.5. The first-order valence-corrected chi connectivity index (χ1v) is 5.63. The van der Waals surface area contributed by atoms with Gasteiger partial charge in [0.2, 0.25) is 5.71 Å². The Morgan fingerprint density at radius 3 is 2.89 bits per heavy atom. The highest BCUT2D eigenvalue weighted by Crippen LogP contribution is 2.20. The minimum atomic E-state index is -0.592. The number of fused-ring (bicyclic) bond motifs is 1. The van der Waals surface area contributed by atoms with Crippen LogP contribution < -0.4 is 5.32 Å². The van der Waals surface area contributed by atoms with Crippen LogP contribution in [0.4, 0.5) is 10.6 Å². The van der Waals surface area contributed by atoms with Crippen LogP contribution in [-0.4, -0.2) is 21.7 Å². The highest BCUT2D eigenvalue weighted by Gasteiger charge is 2.17. The summed E-state index contributed by atoms with van der Waals surface area (Å²) in [6, 6.07) is 1.52. The van der Waals surface area contributed by atoms with E-state index in [1.807, 2.05) is 0 Å². The van der Waals surface area contributed by atoms with Crippen molar-refractivity contribution < 1.29 is 13.9 Å². The molecule has 0 fully saturated rings. The van der Waals surface area contributed by atoms with Gasteiger partial charge >= 0.3 is 6.09 Å². The Morgan fingerprint density at radius 1 is 1.50 bits per heavy atom. The lowest BCUT2D eigenvalue weighted by Crippen LogP contribution is -2.27. The molecular weight excluding hydrogens is 258 g/mol. The number of hydrogen-bond acceptors (Lipinski definition) is 5. The first-order chi connectivity index (χ1) is 8.33. The Hall–Kier alpha value is -1.82. The van der Waals surface area contributed by atoms with E-state index in [0.29, 0.717) is 11.2 Å². The zero-order valence-electron chi connectivity index (χ0n) is 10.2. The molecule has 0 aromatic carbocycles. The predicted octanol–water partition coefficient (Wildman–Crippen LogP) is 3.22. The monoisotopic (exact) mass is 269 g/mol. The molecule has 2 aromatic heterocycles. The van der Waals surface area contributed by atoms with E-state index in [9.17, 15) is 4.79 Å². The van der Waals surface area contributed by atoms with Crippen molar-refractivity contribution in [3.05, 3.63) is 17.5 Å². The fraction of sp³-hybridized carbons (Fsp3) is 0.364. The van der Waals surface area contributed by atoms with Crippen LogP contribution in [0.1, 0.15) is 20.8 Å². The summed E-state index contributed by atoms with van der Waals surface area (Å²) in [4.78, 5) is 19.6. The van der Waals surface area contributed by atoms with E-state index < -0.39 is 11.7 Å². The molecule has 7 heteroatoms. The van der Waals surface area contributed by atoms with Gasteiger partial charge in [-0.3, -0.25) is 5.32 Å². The molecule has 6 nitrogen and oxygen atoms in total. The van der Waals surface area contributed by atoms with Gasteiger partial charge in [0.1, 0.15) is 11.1 Å². The minimum Gasteiger partial charge on any atom is -0.444 e. The van der Waals surface area contributed by atoms with Crippen molar-refractivity contribution in [1.82, 2.24) is 9.97 Å². The predicted molar refractivity (Wildman–Crippen MR) is 66.7 cm³/mol. The van der Waals surface area contributed by atoms with Crippen LogP contribution in [0.2, 0.25) is 5.22 Å². The summed E-state index contributed by atoms with van der Waals surface area (Å²) in [6.45, 7) is 5.33. The molecule has 0 saturated carbocycles. The topological polar surface area (TPSA) is 77.2 Å². The van der Waals surface area contributed by atoms with Gasteiger partial charge in [0, 0.05) is 6.07 Å². The van der Waals surface area contributed by atoms with Gasteiger partial charge in [-0.15, -0.1) is 0 Å². The van der Waals surface area contributed by atoms with Crippen molar-refractivity contribution in [1.29, 1.82) is 0 Å². The van der Waals surface area contributed by atoms with Gasteiger partial charge < -0.3 is 9.15 Å². The van der Waals surface area contributed by atoms with Crippen molar-refractivity contribution >= 4 is 34.7 Å². The Bertz CT molecular complexity index is 589. The van der Waals surface area contributed by atoms with Crippen LogP contribution in [-0.2, 0) is 4.74 Å². The molecule has 0 unspecified atom stereocenters. The van der Waals surface area contributed by atoms with Crippen molar-refractivity contribution in [2.75, 3.05) is 5.32 Å². The first kappa shape index (κ1) is 12.6. The molecular formula is C11H12ClN3O3. The molecule has 1 amide bonds. The fourth-order valence-electron chi connectivity index (χ4n) is 1.26. The van der Waals surface area contributed by atoms with E-state index in [2.05, 4.69) is 15.3 Å². The van der Waals surface area contributed by atoms with E-state index >= 15 is 0 Å². The summed E-state index contributed by atoms with van der Waals surface area (Å²) in [7, 11) is 0. The van der Waals surface area contributed by atoms with Crippen LogP contribution in [0.15, 0.2) is 16.7 Å². The number of carbonyl (C=O) groups excluding carboxylic acids is 1. The number of halogens is 1. The lowest BCUT2D eigenvalue weighted by Gasteiger charge is -2.19. The molecule has 18 heavy (non-hydrogen) atoms. The summed E-state index contributed by atoms with van der Waals surface area (Å²) in [5, 5.41) is 2.67. The van der Waals surface area contributed by atoms with Crippen LogP contribution in [0.3, 0.4) is 0 Å². The number of amides is 1. The summed E-state index contributed by atoms with van der Waals surface area (Å²) >= 11 is 5.67. The summed E-state index contributed by atoms with van der Waals surface area (Å²) in [5.74, 6) is 0.272. The third-order valence-corrected chi connectivity index (χ3v) is 2.02. The van der Waals surface area contributed by atoms with E-state index in [4.69, 9.17) is 20.8 Å². The minimum absolute atomic E-state index is 0.194. The normalized spacial score (nSPS) is 11.6. The fourth-order valence-corrected chi connectivity index (χ4v) is 1.44. The molecule has 2 aromatic rings. The lowest BCUT2D eigenvalue weighted by molar-refractivity contribution is 0.0635. The molecule has 96 valence electrons. The number of nitrogens with zero attached hydrogens (tertiary/aromatic N) is 2. The van der Waals surface area contributed by atoms with E-state index in [1.54, 1.807) is 20.8 Å². The van der Waals surface area contributed by atoms with Gasteiger partial charge in [-0.1, -0.05) is 0 Å². The second kappa shape index (κ2) is 4.45. The third-order valence-electron chi connectivity index (χ3n) is 1.84. The van der Waals surface area contributed by atoms with Gasteiger partial charge in [0.15, 0.2) is 11.0 Å². The summed E-state index contributed by atoms with van der Waals surface area (Å²) in [6.07, 6.45) is 0.775. The van der Waals surface area contributed by atoms with Crippen LogP contribution in [0, 0.1) is 0 Å². The van der Waals surface area contributed by atoms with Crippen LogP contribution in [0.5, 0.6) is 0 Å². The smallest absolute Gasteiger partial charge is 0.413 e. The number of aromatic nitrogens is 2. The van der Waals surface area contributed by atoms with Gasteiger partial charge in [-0.25, -0.2) is 14.8 Å². The maximum Gasteiger partial charge on any atom is 0.413 e. The Balaban J connectivity index is 2.14. The number of hydrogen-bond donors (Lipinski definition) is 1. The van der Waals surface area contributed by atoms with Crippen LogP contribution >= 0.6 is 11.6 Å². The van der Waals surface area contributed by atoms with Crippen molar-refractivity contribution in [2.45, 2.75) is 26.4 Å². The number of ether oxygens (including phenoxy) is 1. The molecule has 0 saturated heterocycles. The second-order valence-electron chi connectivity index (χ2n) is 4.62. The molecule has 2 heterocycles. The average molecular weight is 270 g/mol. The highest BCUT2D eigenvalue weighted by molar-refractivity contribution is 6.29. The Morgan fingerprint density at radius 2 is 2.22 bits per heavy atom. The number of furan rings is 1. The Labute approximate surface area is 108 Å². The molecule has 2 rings (SSSR count). The quantitative estimate of drug-likeness (QED) is 0.860. The number of nitrogens with one attached hydrogen (secondary N) is 1. The number of carbonyl (C=O) groups is 1. The average Bonchev–Trinajstić information content (AvgIpc) is 2.53. The molecule has 0 bridgehead atoms. The Kier molecular flexibility index (Phi) is 3.13. The van der Waals surface area contributed by atoms with Gasteiger partial charge in [0.05, 0.1) is 6.20 Å². The summed E-state index contributed by atoms with van der Waals surface area (Å²) < 4.78 is 10.1. The van der Waals surface area contributed by atoms with Gasteiger partial charge in [0.25, 0.3) is 0 Å². The molecule has 0 atom stereocenters. The molecule has 0 aliphatic carbocycles. The SMILES string of the molecule is CC(C)(C)OC(=O)Nc1cnc2oc(Cl)cc2n1. The zero-order valence-corrected chi connectivity index (χ0v) is 10.9. The van der Waals surface area contributed by atoms with E-state index in [-0.39, 0.29) is 11.0 Å². The van der Waals surface area contributed by atoms with Crippen LogP contribution in [0.25, 0.3) is 11.2 Å². The lowest BCUT2D eigenvalue weighted by atomic mass is 10.2. The molecule has 0 radical (unpaired) electrons. The highest BCUT2D eigenvalue weighted by atomic mass is 35.5. The van der Waals surface area contributed by atoms with Gasteiger partial charge in [-0.05, 0) is 32.4 Å². The summed E-state index contributed by atoms with van der Waals surface area (Å²) in [5.41, 5.74) is 0.212. The van der Waals surface area contributed by atoms with E-state index in [1.165, 1.54) is 12.3 Å². The number of anilines is 1. The maximum absolute atomic E-state index is 11.5. The molecule has 0 aliphatic heterocycles. The largest absolute Gasteiger partial charge is 0.444 e. The third kappa shape index (κ3) is 3.10. The van der Waals surface area contributed by atoms with E-state index in [0.717, 1.165) is 0 Å². The standard InChI is InChI=1S/C11H12ClN3O3/c1-11(2,3)18-10(16)15-8-5-13-9-6(14-8)4-7(12)17-9/h4-5H,1-3H3,(H,14,15,16). The van der Waals surface area contributed by atoms with Crippen molar-refractivity contribution in [2.24, 2.45) is 0 Å². The van der Waals surface area contributed by atoms with Crippen molar-refractivity contribution in [3.8, 4) is 0 Å². The molecule has 1 N–H and O–H groups in total. The molecule has 0 aliphatic rings. The van der Waals surface area contributed by atoms with Gasteiger partial charge in [-0.2, -0.15) is 0 Å². The number of rotatable bonds is 1. The zero-order chi connectivity index (χ0) is 13.3. The first-order valence-electron chi connectivity index (χ1n) is 5.25. The molecule has 0 spiro atoms. The second-order valence-corrected chi connectivity index (χ2v) is 5.00. The van der Waals surface area contributed by atoms with Crippen molar-refractivity contribution in [3.63, 3.8) is 0 Å².